The molecule has 0 aliphatic heterocycles. The minimum Gasteiger partial charge on any atom is -0.468 e. The van der Waals surface area contributed by atoms with Gasteiger partial charge in [-0.15, -0.1) is 9.97 Å². The molecule has 0 aliphatic carbocycles. The summed E-state index contributed by atoms with van der Waals surface area (Å²) in [5.74, 6) is 0. The van der Waals surface area contributed by atoms with Crippen molar-refractivity contribution in [1.82, 2.24) is 14.5 Å². The molecule has 0 N–H and O–H groups in total. The van der Waals surface area contributed by atoms with Gasteiger partial charge in [0.2, 0.25) is 0 Å². The zero-order chi connectivity index (χ0) is 9.14. The first-order valence-electron chi connectivity index (χ1n) is 3.22. The molecule has 0 unspecified atom stereocenters. The molecule has 0 saturated heterocycles. The van der Waals surface area contributed by atoms with E-state index in [0.29, 0.717) is 0 Å². The Balaban J connectivity index is 3.29. The Labute approximate surface area is 68.8 Å². The molecule has 0 radical (unpaired) electrons. The zero-order valence-corrected chi connectivity index (χ0v) is 7.07. The van der Waals surface area contributed by atoms with Crippen LogP contribution in [0.2, 0.25) is 0 Å². The Morgan fingerprint density at radius 2 is 1.92 bits per heavy atom. The number of ether oxygens (including phenoxy) is 2. The molecule has 0 spiro atoms. The third kappa shape index (κ3) is 1.36. The van der Waals surface area contributed by atoms with Gasteiger partial charge in [-0.3, -0.25) is 0 Å². The maximum Gasteiger partial charge on any atom is 0.356 e. The fraction of sp³-hybridized carbons (Fsp3) is 0.500. The summed E-state index contributed by atoms with van der Waals surface area (Å²) in [5.41, 5.74) is -0.460. The molecule has 1 aromatic rings. The molecule has 1 heterocycles. The molecule has 0 aliphatic rings. The molecule has 1 aromatic heterocycles. The highest BCUT2D eigenvalue weighted by Gasteiger charge is 2.05. The van der Waals surface area contributed by atoms with Crippen LogP contribution >= 0.6 is 0 Å². The second-order valence-corrected chi connectivity index (χ2v) is 2.04. The number of methoxy groups -OCH3 is 2. The van der Waals surface area contributed by atoms with Crippen LogP contribution in [-0.2, 0) is 7.05 Å². The number of nitrogens with zero attached hydrogens (tertiary/aromatic N) is 3. The summed E-state index contributed by atoms with van der Waals surface area (Å²) in [6.45, 7) is 0. The molecular formula is C6H9N3O3. The second-order valence-electron chi connectivity index (χ2n) is 2.04. The van der Waals surface area contributed by atoms with E-state index >= 15 is 0 Å². The van der Waals surface area contributed by atoms with Crippen molar-refractivity contribution >= 4 is 0 Å². The van der Waals surface area contributed by atoms with E-state index in [1.807, 2.05) is 0 Å². The number of hydrogen-bond donors (Lipinski definition) is 0. The molecule has 0 bridgehead atoms. The largest absolute Gasteiger partial charge is 0.468 e. The van der Waals surface area contributed by atoms with Gasteiger partial charge in [0.05, 0.1) is 14.2 Å². The van der Waals surface area contributed by atoms with Gasteiger partial charge < -0.3 is 9.47 Å². The normalized spacial score (nSPS) is 9.58. The quantitative estimate of drug-likeness (QED) is 0.582. The maximum atomic E-state index is 11.0. The molecule has 0 amide bonds. The van der Waals surface area contributed by atoms with Crippen LogP contribution in [0.1, 0.15) is 0 Å². The summed E-state index contributed by atoms with van der Waals surface area (Å²) in [7, 11) is 4.32. The molecule has 0 fully saturated rings. The Morgan fingerprint density at radius 1 is 1.25 bits per heavy atom. The SMILES string of the molecule is COc1nc(OC)n(C)c(=O)n1. The van der Waals surface area contributed by atoms with Crippen molar-refractivity contribution in [3.8, 4) is 12.0 Å². The standard InChI is InChI=1S/C6H9N3O3/c1-9-5(10)7-4(11-2)8-6(9)12-3/h1-3H3. The molecular weight excluding hydrogens is 162 g/mol. The van der Waals surface area contributed by atoms with E-state index in [9.17, 15) is 4.79 Å². The lowest BCUT2D eigenvalue weighted by atomic mass is 10.9. The lowest BCUT2D eigenvalue weighted by Gasteiger charge is -2.04. The van der Waals surface area contributed by atoms with E-state index in [-0.39, 0.29) is 12.0 Å². The van der Waals surface area contributed by atoms with Crippen LogP contribution in [0.4, 0.5) is 0 Å². The molecule has 1 rings (SSSR count). The van der Waals surface area contributed by atoms with Gasteiger partial charge in [0.1, 0.15) is 0 Å². The van der Waals surface area contributed by atoms with Gasteiger partial charge in [-0.25, -0.2) is 9.36 Å². The second kappa shape index (κ2) is 3.21. The highest BCUT2D eigenvalue weighted by Crippen LogP contribution is 2.04. The fourth-order valence-electron chi connectivity index (χ4n) is 0.694. The summed E-state index contributed by atoms with van der Waals surface area (Å²) in [4.78, 5) is 18.3. The minimum absolute atomic E-state index is 0.00921. The van der Waals surface area contributed by atoms with Gasteiger partial charge in [-0.05, 0) is 0 Å². The summed E-state index contributed by atoms with van der Waals surface area (Å²) in [6.07, 6.45) is 0. The van der Waals surface area contributed by atoms with Crippen molar-refractivity contribution in [2.45, 2.75) is 0 Å². The van der Waals surface area contributed by atoms with Crippen LogP contribution in [0.15, 0.2) is 4.79 Å². The highest BCUT2D eigenvalue weighted by atomic mass is 16.5. The predicted molar refractivity (Wildman–Crippen MR) is 40.4 cm³/mol. The zero-order valence-electron chi connectivity index (χ0n) is 7.07. The van der Waals surface area contributed by atoms with Crippen LogP contribution in [0.3, 0.4) is 0 Å². The third-order valence-electron chi connectivity index (χ3n) is 1.32. The van der Waals surface area contributed by atoms with E-state index in [4.69, 9.17) is 4.74 Å². The van der Waals surface area contributed by atoms with Crippen molar-refractivity contribution in [3.63, 3.8) is 0 Å². The Bertz CT molecular complexity index is 333. The van der Waals surface area contributed by atoms with Crippen molar-refractivity contribution < 1.29 is 9.47 Å². The van der Waals surface area contributed by atoms with Gasteiger partial charge in [-0.1, -0.05) is 0 Å². The first-order valence-corrected chi connectivity index (χ1v) is 3.22. The number of aromatic nitrogens is 3. The number of rotatable bonds is 2. The van der Waals surface area contributed by atoms with Crippen LogP contribution in [-0.4, -0.2) is 28.8 Å². The summed E-state index contributed by atoms with van der Waals surface area (Å²) < 4.78 is 10.7. The Hall–Kier alpha value is -1.59. The van der Waals surface area contributed by atoms with Gasteiger partial charge >= 0.3 is 17.7 Å². The fourth-order valence-corrected chi connectivity index (χ4v) is 0.694. The van der Waals surface area contributed by atoms with E-state index < -0.39 is 5.69 Å². The summed E-state index contributed by atoms with van der Waals surface area (Å²) in [5, 5.41) is 0. The van der Waals surface area contributed by atoms with Crippen molar-refractivity contribution in [3.05, 3.63) is 10.5 Å². The summed E-state index contributed by atoms with van der Waals surface area (Å²) in [6, 6.07) is 0.182. The topological polar surface area (TPSA) is 66.2 Å². The number of hydrogen-bond acceptors (Lipinski definition) is 5. The van der Waals surface area contributed by atoms with E-state index in [1.54, 1.807) is 0 Å². The molecule has 0 aromatic carbocycles. The maximum absolute atomic E-state index is 11.0. The van der Waals surface area contributed by atoms with Crippen molar-refractivity contribution in [1.29, 1.82) is 0 Å². The van der Waals surface area contributed by atoms with Crippen LogP contribution in [0.5, 0.6) is 12.0 Å². The highest BCUT2D eigenvalue weighted by molar-refractivity contribution is 5.01. The third-order valence-corrected chi connectivity index (χ3v) is 1.32. The van der Waals surface area contributed by atoms with E-state index in [0.717, 1.165) is 0 Å². The van der Waals surface area contributed by atoms with Crippen LogP contribution in [0, 0.1) is 0 Å². The van der Waals surface area contributed by atoms with Gasteiger partial charge in [-0.2, -0.15) is 0 Å². The van der Waals surface area contributed by atoms with Gasteiger partial charge in [0.15, 0.2) is 0 Å². The monoisotopic (exact) mass is 171 g/mol. The lowest BCUT2D eigenvalue weighted by Crippen LogP contribution is -2.23. The van der Waals surface area contributed by atoms with Crippen LogP contribution in [0.25, 0.3) is 0 Å². The van der Waals surface area contributed by atoms with E-state index in [2.05, 4.69) is 14.7 Å². The molecule has 12 heavy (non-hydrogen) atoms. The Kier molecular flexibility index (Phi) is 2.27. The first-order chi connectivity index (χ1) is 5.69. The molecule has 66 valence electrons. The summed E-state index contributed by atoms with van der Waals surface area (Å²) >= 11 is 0. The Morgan fingerprint density at radius 3 is 2.42 bits per heavy atom. The predicted octanol–water partition coefficient (Wildman–Crippen LogP) is -0.808. The molecule has 6 heteroatoms. The average molecular weight is 171 g/mol. The van der Waals surface area contributed by atoms with Gasteiger partial charge in [0.25, 0.3) is 0 Å². The smallest absolute Gasteiger partial charge is 0.356 e. The lowest BCUT2D eigenvalue weighted by molar-refractivity contribution is 0.320. The van der Waals surface area contributed by atoms with Crippen molar-refractivity contribution in [2.24, 2.45) is 7.05 Å². The molecule has 0 saturated carbocycles. The first kappa shape index (κ1) is 8.51. The van der Waals surface area contributed by atoms with Crippen LogP contribution < -0.4 is 15.2 Å². The average Bonchev–Trinajstić information content (AvgIpc) is 2.09. The minimum atomic E-state index is -0.460. The van der Waals surface area contributed by atoms with Crippen molar-refractivity contribution in [2.75, 3.05) is 14.2 Å². The van der Waals surface area contributed by atoms with E-state index in [1.165, 1.54) is 25.8 Å². The molecule has 6 nitrogen and oxygen atoms in total. The van der Waals surface area contributed by atoms with Gasteiger partial charge in [0, 0.05) is 7.05 Å². The molecule has 0 atom stereocenters.